The van der Waals surface area contributed by atoms with Crippen LogP contribution in [0.2, 0.25) is 0 Å². The molecular formula is C14H12N4O2S. The number of hydrogen-bond acceptors (Lipinski definition) is 5. The fourth-order valence-corrected chi connectivity index (χ4v) is 3.02. The molecule has 3 rings (SSSR count). The summed E-state index contributed by atoms with van der Waals surface area (Å²) in [7, 11) is 0. The van der Waals surface area contributed by atoms with E-state index in [2.05, 4.69) is 19.9 Å². The topological polar surface area (TPSA) is 91.8 Å². The van der Waals surface area contributed by atoms with Gasteiger partial charge < -0.3 is 10.1 Å². The number of benzene rings is 1. The predicted octanol–water partition coefficient (Wildman–Crippen LogP) is 2.27. The van der Waals surface area contributed by atoms with Crippen molar-refractivity contribution in [2.75, 3.05) is 0 Å². The van der Waals surface area contributed by atoms with Gasteiger partial charge in [-0.05, 0) is 11.1 Å². The number of aromatic nitrogens is 4. The van der Waals surface area contributed by atoms with Crippen LogP contribution in [-0.4, -0.2) is 31.0 Å². The number of aliphatic carboxylic acids is 1. The van der Waals surface area contributed by atoms with E-state index in [9.17, 15) is 4.79 Å². The molecule has 0 spiro atoms. The van der Waals surface area contributed by atoms with Crippen molar-refractivity contribution in [2.45, 2.75) is 17.2 Å². The summed E-state index contributed by atoms with van der Waals surface area (Å²) in [4.78, 5) is 26.3. The SMILES string of the molecule is O=C(O)Cc1ccccc1CSc1ncnc2nc[nH]c12. The molecular weight excluding hydrogens is 288 g/mol. The van der Waals surface area contributed by atoms with Gasteiger partial charge in [-0.1, -0.05) is 36.0 Å². The Morgan fingerprint density at radius 2 is 2.00 bits per heavy atom. The third-order valence-corrected chi connectivity index (χ3v) is 4.05. The molecule has 3 aromatic rings. The van der Waals surface area contributed by atoms with Gasteiger partial charge in [-0.2, -0.15) is 0 Å². The number of hydrogen-bond donors (Lipinski definition) is 2. The van der Waals surface area contributed by atoms with Gasteiger partial charge in [0.1, 0.15) is 16.9 Å². The van der Waals surface area contributed by atoms with Gasteiger partial charge in [-0.15, -0.1) is 0 Å². The highest BCUT2D eigenvalue weighted by molar-refractivity contribution is 7.98. The van der Waals surface area contributed by atoms with Crippen molar-refractivity contribution in [2.24, 2.45) is 0 Å². The Labute approximate surface area is 124 Å². The van der Waals surface area contributed by atoms with Crippen LogP contribution in [0.25, 0.3) is 11.2 Å². The van der Waals surface area contributed by atoms with Gasteiger partial charge in [0.15, 0.2) is 5.65 Å². The summed E-state index contributed by atoms with van der Waals surface area (Å²) >= 11 is 1.53. The fraction of sp³-hybridized carbons (Fsp3) is 0.143. The van der Waals surface area contributed by atoms with Crippen molar-refractivity contribution >= 4 is 28.9 Å². The van der Waals surface area contributed by atoms with Crippen LogP contribution in [0, 0.1) is 0 Å². The standard InChI is InChI=1S/C14H12N4O2S/c19-11(20)5-9-3-1-2-4-10(9)6-21-14-12-13(16-7-15-12)17-8-18-14/h1-4,7-8H,5-6H2,(H,19,20)(H,15,16,17,18). The smallest absolute Gasteiger partial charge is 0.307 e. The van der Waals surface area contributed by atoms with Gasteiger partial charge >= 0.3 is 5.97 Å². The van der Waals surface area contributed by atoms with Crippen molar-refractivity contribution in [3.05, 3.63) is 48.0 Å². The average molecular weight is 300 g/mol. The van der Waals surface area contributed by atoms with Crippen molar-refractivity contribution in [1.82, 2.24) is 19.9 Å². The average Bonchev–Trinajstić information content (AvgIpc) is 2.95. The van der Waals surface area contributed by atoms with Gasteiger partial charge in [0.05, 0.1) is 12.7 Å². The molecule has 6 nitrogen and oxygen atoms in total. The summed E-state index contributed by atoms with van der Waals surface area (Å²) in [5, 5.41) is 9.76. The zero-order chi connectivity index (χ0) is 14.7. The van der Waals surface area contributed by atoms with E-state index >= 15 is 0 Å². The van der Waals surface area contributed by atoms with Gasteiger partial charge in [0, 0.05) is 5.75 Å². The maximum absolute atomic E-state index is 10.9. The van der Waals surface area contributed by atoms with Crippen LogP contribution in [0.1, 0.15) is 11.1 Å². The van der Waals surface area contributed by atoms with E-state index in [1.807, 2.05) is 24.3 Å². The summed E-state index contributed by atoms with van der Waals surface area (Å²) in [6, 6.07) is 7.55. The zero-order valence-electron chi connectivity index (χ0n) is 11.0. The minimum Gasteiger partial charge on any atom is -0.481 e. The lowest BCUT2D eigenvalue weighted by Gasteiger charge is -2.07. The molecule has 1 aromatic carbocycles. The number of imidazole rings is 1. The Kier molecular flexibility index (Phi) is 3.83. The van der Waals surface area contributed by atoms with Crippen molar-refractivity contribution in [3.8, 4) is 0 Å². The number of nitrogens with one attached hydrogen (secondary N) is 1. The second-order valence-electron chi connectivity index (χ2n) is 4.41. The van der Waals surface area contributed by atoms with Crippen molar-refractivity contribution < 1.29 is 9.90 Å². The van der Waals surface area contributed by atoms with Crippen molar-refractivity contribution in [1.29, 1.82) is 0 Å². The lowest BCUT2D eigenvalue weighted by atomic mass is 10.1. The number of carboxylic acids is 1. The molecule has 0 aliphatic rings. The first kappa shape index (κ1) is 13.6. The molecule has 0 fully saturated rings. The lowest BCUT2D eigenvalue weighted by molar-refractivity contribution is -0.136. The maximum Gasteiger partial charge on any atom is 0.307 e. The molecule has 7 heteroatoms. The Morgan fingerprint density at radius 3 is 2.81 bits per heavy atom. The number of carboxylic acid groups (broad SMARTS) is 1. The van der Waals surface area contributed by atoms with E-state index in [4.69, 9.17) is 5.11 Å². The molecule has 0 saturated carbocycles. The summed E-state index contributed by atoms with van der Waals surface area (Å²) in [5.74, 6) is -0.181. The Bertz CT molecular complexity index is 787. The highest BCUT2D eigenvalue weighted by atomic mass is 32.2. The number of H-pyrrole nitrogens is 1. The predicted molar refractivity (Wildman–Crippen MR) is 79.0 cm³/mol. The molecule has 2 aromatic heterocycles. The summed E-state index contributed by atoms with van der Waals surface area (Å²) < 4.78 is 0. The Balaban J connectivity index is 1.82. The van der Waals surface area contributed by atoms with Crippen LogP contribution in [0.3, 0.4) is 0 Å². The second kappa shape index (κ2) is 5.92. The number of nitrogens with zero attached hydrogens (tertiary/aromatic N) is 3. The monoisotopic (exact) mass is 300 g/mol. The minimum atomic E-state index is -0.828. The van der Waals surface area contributed by atoms with E-state index in [1.165, 1.54) is 18.1 Å². The number of carbonyl (C=O) groups is 1. The maximum atomic E-state index is 10.9. The largest absolute Gasteiger partial charge is 0.481 e. The van der Waals surface area contributed by atoms with E-state index in [0.717, 1.165) is 21.7 Å². The first-order valence-electron chi connectivity index (χ1n) is 6.29. The van der Waals surface area contributed by atoms with E-state index in [-0.39, 0.29) is 6.42 Å². The van der Waals surface area contributed by atoms with Crippen molar-refractivity contribution in [3.63, 3.8) is 0 Å². The molecule has 0 atom stereocenters. The highest BCUT2D eigenvalue weighted by Crippen LogP contribution is 2.26. The molecule has 0 aliphatic heterocycles. The molecule has 0 radical (unpaired) electrons. The molecule has 0 amide bonds. The molecule has 21 heavy (non-hydrogen) atoms. The number of rotatable bonds is 5. The van der Waals surface area contributed by atoms with Gasteiger partial charge in [0.25, 0.3) is 0 Å². The van der Waals surface area contributed by atoms with Crippen LogP contribution < -0.4 is 0 Å². The van der Waals surface area contributed by atoms with Gasteiger partial charge in [-0.25, -0.2) is 15.0 Å². The second-order valence-corrected chi connectivity index (χ2v) is 5.37. The molecule has 0 bridgehead atoms. The number of fused-ring (bicyclic) bond motifs is 1. The molecule has 0 saturated heterocycles. The molecule has 0 unspecified atom stereocenters. The first-order valence-corrected chi connectivity index (χ1v) is 7.28. The Morgan fingerprint density at radius 1 is 1.19 bits per heavy atom. The third kappa shape index (κ3) is 3.03. The van der Waals surface area contributed by atoms with E-state index in [0.29, 0.717) is 11.4 Å². The quantitative estimate of drug-likeness (QED) is 0.555. The minimum absolute atomic E-state index is 0.0278. The molecule has 2 N–H and O–H groups in total. The van der Waals surface area contributed by atoms with E-state index in [1.54, 1.807) is 6.33 Å². The van der Waals surface area contributed by atoms with Crippen LogP contribution in [-0.2, 0) is 17.0 Å². The number of aromatic amines is 1. The number of thioether (sulfide) groups is 1. The van der Waals surface area contributed by atoms with Crippen LogP contribution in [0.5, 0.6) is 0 Å². The lowest BCUT2D eigenvalue weighted by Crippen LogP contribution is -2.03. The summed E-state index contributed by atoms with van der Waals surface area (Å²) in [6.45, 7) is 0. The molecule has 2 heterocycles. The van der Waals surface area contributed by atoms with Crippen LogP contribution in [0.4, 0.5) is 0 Å². The highest BCUT2D eigenvalue weighted by Gasteiger charge is 2.10. The summed E-state index contributed by atoms with van der Waals surface area (Å²) in [5.41, 5.74) is 3.26. The van der Waals surface area contributed by atoms with Crippen LogP contribution >= 0.6 is 11.8 Å². The third-order valence-electron chi connectivity index (χ3n) is 3.01. The first-order chi connectivity index (χ1) is 10.2. The zero-order valence-corrected chi connectivity index (χ0v) is 11.8. The van der Waals surface area contributed by atoms with Gasteiger partial charge in [-0.3, -0.25) is 4.79 Å². The van der Waals surface area contributed by atoms with Crippen LogP contribution in [0.15, 0.2) is 41.9 Å². The molecule has 106 valence electrons. The fourth-order valence-electron chi connectivity index (χ4n) is 2.03. The van der Waals surface area contributed by atoms with Gasteiger partial charge in [0.2, 0.25) is 0 Å². The summed E-state index contributed by atoms with van der Waals surface area (Å²) in [6.07, 6.45) is 3.09. The Hall–Kier alpha value is -2.41. The normalized spacial score (nSPS) is 10.9. The van der Waals surface area contributed by atoms with E-state index < -0.39 is 5.97 Å². The molecule has 0 aliphatic carbocycles.